The van der Waals surface area contributed by atoms with E-state index in [-0.39, 0.29) is 22.3 Å². The molecule has 4 rings (SSSR count). The minimum atomic E-state index is -4.83. The van der Waals surface area contributed by atoms with Gasteiger partial charge in [0, 0.05) is 30.4 Å². The average Bonchev–Trinajstić information content (AvgIpc) is 3.15. The number of alkyl halides is 5. The molecule has 1 amide bonds. The van der Waals surface area contributed by atoms with Gasteiger partial charge in [0.2, 0.25) is 0 Å². The summed E-state index contributed by atoms with van der Waals surface area (Å²) in [5.74, 6) is -1.44. The lowest BCUT2D eigenvalue weighted by Gasteiger charge is -2.08. The molecule has 3 aromatic rings. The highest BCUT2D eigenvalue weighted by Crippen LogP contribution is 2.46. The molecular weight excluding hydrogens is 486 g/mol. The van der Waals surface area contributed by atoms with E-state index >= 15 is 0 Å². The molecule has 0 spiro atoms. The van der Waals surface area contributed by atoms with E-state index in [1.165, 1.54) is 24.4 Å². The first kappa shape index (κ1) is 22.1. The van der Waals surface area contributed by atoms with E-state index in [1.807, 2.05) is 0 Å². The summed E-state index contributed by atoms with van der Waals surface area (Å²) in [7, 11) is 1.14. The number of carbonyl (C=O) groups excluding carboxylic acids is 1. The Hall–Kier alpha value is -3.12. The quantitative estimate of drug-likeness (QED) is 0.494. The number of rotatable bonds is 3. The number of carbonyl (C=O) groups is 1. The van der Waals surface area contributed by atoms with Gasteiger partial charge in [0.15, 0.2) is 17.2 Å². The molecule has 0 unspecified atom stereocenters. The fourth-order valence-corrected chi connectivity index (χ4v) is 3.54. The molecule has 7 nitrogen and oxygen atoms in total. The van der Waals surface area contributed by atoms with Gasteiger partial charge in [-0.25, -0.2) is 4.98 Å². The summed E-state index contributed by atoms with van der Waals surface area (Å²) < 4.78 is 74.6. The molecule has 0 aliphatic carbocycles. The van der Waals surface area contributed by atoms with E-state index in [9.17, 15) is 26.7 Å². The van der Waals surface area contributed by atoms with Crippen LogP contribution in [-0.2, 0) is 13.2 Å². The fraction of sp³-hybridized carbons (Fsp3) is 0.167. The van der Waals surface area contributed by atoms with Crippen LogP contribution in [-0.4, -0.2) is 27.0 Å². The number of hydrogen-bond donors (Lipinski definition) is 1. The first-order valence-corrected chi connectivity index (χ1v) is 9.28. The molecule has 32 heavy (non-hydrogen) atoms. The van der Waals surface area contributed by atoms with Gasteiger partial charge >= 0.3 is 12.5 Å². The van der Waals surface area contributed by atoms with Crippen molar-refractivity contribution in [2.45, 2.75) is 12.5 Å². The molecule has 1 aliphatic rings. The maximum atomic E-state index is 13.2. The molecule has 0 atom stereocenters. The van der Waals surface area contributed by atoms with E-state index in [0.29, 0.717) is 15.8 Å². The van der Waals surface area contributed by atoms with Crippen molar-refractivity contribution in [1.82, 2.24) is 14.8 Å². The highest BCUT2D eigenvalue weighted by molar-refractivity contribution is 6.35. The maximum absolute atomic E-state index is 13.2. The Morgan fingerprint density at radius 3 is 2.38 bits per heavy atom. The fourth-order valence-electron chi connectivity index (χ4n) is 2.92. The van der Waals surface area contributed by atoms with Crippen molar-refractivity contribution < 1.29 is 36.2 Å². The van der Waals surface area contributed by atoms with Crippen molar-refractivity contribution in [3.05, 3.63) is 51.9 Å². The molecule has 3 heterocycles. The van der Waals surface area contributed by atoms with Gasteiger partial charge in [-0.15, -0.1) is 8.78 Å². The van der Waals surface area contributed by atoms with E-state index in [1.54, 1.807) is 0 Å². The second kappa shape index (κ2) is 7.48. The zero-order valence-electron chi connectivity index (χ0n) is 15.6. The minimum Gasteiger partial charge on any atom is -0.395 e. The lowest BCUT2D eigenvalue weighted by Crippen LogP contribution is -2.25. The smallest absolute Gasteiger partial charge is 0.395 e. The second-order valence-corrected chi connectivity index (χ2v) is 7.25. The predicted octanol–water partition coefficient (Wildman–Crippen LogP) is 5.38. The van der Waals surface area contributed by atoms with Crippen LogP contribution in [0.15, 0.2) is 30.5 Å². The first-order chi connectivity index (χ1) is 14.9. The van der Waals surface area contributed by atoms with Crippen LogP contribution in [0, 0.1) is 0 Å². The third-order valence-corrected chi connectivity index (χ3v) is 4.95. The average molecular weight is 495 g/mol. The topological polar surface area (TPSA) is 78.3 Å². The minimum absolute atomic E-state index is 0.0204. The number of halogens is 7. The highest BCUT2D eigenvalue weighted by Gasteiger charge is 2.44. The van der Waals surface area contributed by atoms with Crippen molar-refractivity contribution >= 4 is 34.9 Å². The number of nitrogens with zero attached hydrogens (tertiary/aromatic N) is 3. The second-order valence-electron chi connectivity index (χ2n) is 6.47. The number of aryl methyl sites for hydroxylation is 1. The number of amides is 1. The molecule has 0 saturated carbocycles. The molecule has 0 radical (unpaired) electrons. The number of anilines is 1. The third kappa shape index (κ3) is 4.02. The van der Waals surface area contributed by atoms with Gasteiger partial charge in [-0.2, -0.15) is 18.3 Å². The van der Waals surface area contributed by atoms with Crippen molar-refractivity contribution in [2.24, 2.45) is 7.05 Å². The lowest BCUT2D eigenvalue weighted by molar-refractivity contribution is -0.286. The number of aromatic nitrogens is 3. The van der Waals surface area contributed by atoms with Crippen molar-refractivity contribution in [1.29, 1.82) is 0 Å². The number of hydrogen-bond acceptors (Lipinski definition) is 5. The number of nitrogens with one attached hydrogen (secondary N) is 1. The number of benzene rings is 1. The number of pyridine rings is 1. The Bertz CT molecular complexity index is 1230. The highest BCUT2D eigenvalue weighted by atomic mass is 35.5. The Balaban J connectivity index is 1.56. The maximum Gasteiger partial charge on any atom is 0.586 e. The van der Waals surface area contributed by atoms with Gasteiger partial charge in [-0.05, 0) is 18.2 Å². The predicted molar refractivity (Wildman–Crippen MR) is 102 cm³/mol. The molecular formula is C18H9Cl2F5N4O3. The number of fused-ring (bicyclic) bond motifs is 1. The van der Waals surface area contributed by atoms with Crippen LogP contribution in [0.5, 0.6) is 11.5 Å². The Kier molecular flexibility index (Phi) is 5.17. The van der Waals surface area contributed by atoms with Crippen molar-refractivity contribution in [3.63, 3.8) is 0 Å². The standard InChI is InChI=1S/C18H9Cl2F5N4O3/c1-29-14(13(20)15(28-29)17(21,22)23)16(30)27-12-3-2-7(6-26-12)8-4-10-11(5-9(8)19)32-18(24,25)31-10/h2-6H,1H3,(H,26,27,30). The summed E-state index contributed by atoms with van der Waals surface area (Å²) in [6, 6.07) is 5.18. The van der Waals surface area contributed by atoms with Gasteiger partial charge < -0.3 is 14.8 Å². The molecule has 14 heteroatoms. The van der Waals surface area contributed by atoms with E-state index in [0.717, 1.165) is 13.1 Å². The molecule has 0 bridgehead atoms. The van der Waals surface area contributed by atoms with Crippen LogP contribution in [0.4, 0.5) is 27.8 Å². The van der Waals surface area contributed by atoms with Gasteiger partial charge in [0.25, 0.3) is 5.91 Å². The Morgan fingerprint density at radius 2 is 1.81 bits per heavy atom. The van der Waals surface area contributed by atoms with Crippen LogP contribution in [0.1, 0.15) is 16.2 Å². The van der Waals surface area contributed by atoms with E-state index < -0.39 is 34.8 Å². The first-order valence-electron chi connectivity index (χ1n) is 8.52. The molecule has 0 saturated heterocycles. The SMILES string of the molecule is Cn1nc(C(F)(F)F)c(Cl)c1C(=O)Nc1ccc(-c2cc3c(cc2Cl)OC(F)(F)O3)cn1. The van der Waals surface area contributed by atoms with Crippen molar-refractivity contribution in [3.8, 4) is 22.6 Å². The molecule has 0 fully saturated rings. The summed E-state index contributed by atoms with van der Waals surface area (Å²) >= 11 is 11.8. The molecule has 2 aromatic heterocycles. The van der Waals surface area contributed by atoms with Crippen LogP contribution in [0.2, 0.25) is 10.0 Å². The van der Waals surface area contributed by atoms with E-state index in [2.05, 4.69) is 24.9 Å². The van der Waals surface area contributed by atoms with Gasteiger partial charge in [0.1, 0.15) is 16.5 Å². The Morgan fingerprint density at radius 1 is 1.16 bits per heavy atom. The van der Waals surface area contributed by atoms with E-state index in [4.69, 9.17) is 23.2 Å². The van der Waals surface area contributed by atoms with Gasteiger partial charge in [-0.1, -0.05) is 23.2 Å². The molecule has 1 aliphatic heterocycles. The largest absolute Gasteiger partial charge is 0.586 e. The van der Waals surface area contributed by atoms with Crippen LogP contribution in [0.25, 0.3) is 11.1 Å². The summed E-state index contributed by atoms with van der Waals surface area (Å²) in [5.41, 5.74) is -1.23. The monoisotopic (exact) mass is 494 g/mol. The van der Waals surface area contributed by atoms with Gasteiger partial charge in [0.05, 0.1) is 5.02 Å². The summed E-state index contributed by atoms with van der Waals surface area (Å²) in [6.07, 6.45) is -7.37. The van der Waals surface area contributed by atoms with Crippen LogP contribution >= 0.6 is 23.2 Å². The summed E-state index contributed by atoms with van der Waals surface area (Å²) in [4.78, 5) is 16.4. The van der Waals surface area contributed by atoms with Crippen LogP contribution in [0.3, 0.4) is 0 Å². The van der Waals surface area contributed by atoms with Crippen molar-refractivity contribution in [2.75, 3.05) is 5.32 Å². The summed E-state index contributed by atoms with van der Waals surface area (Å²) in [6.45, 7) is 0. The van der Waals surface area contributed by atoms with Crippen LogP contribution < -0.4 is 14.8 Å². The lowest BCUT2D eigenvalue weighted by atomic mass is 10.1. The van der Waals surface area contributed by atoms with Gasteiger partial charge in [-0.3, -0.25) is 9.48 Å². The zero-order valence-corrected chi connectivity index (χ0v) is 17.1. The molecule has 1 aromatic carbocycles. The molecule has 168 valence electrons. The Labute approximate surface area is 185 Å². The number of ether oxygens (including phenoxy) is 2. The summed E-state index contributed by atoms with van der Waals surface area (Å²) in [5, 5.41) is 4.77. The third-order valence-electron chi connectivity index (χ3n) is 4.28. The zero-order chi connectivity index (χ0) is 23.4. The molecule has 1 N–H and O–H groups in total. The normalized spacial score (nSPS) is 14.5.